The number of benzene rings is 2. The fraction of sp³-hybridized carbons (Fsp3) is 0.188. The van der Waals surface area contributed by atoms with Crippen LogP contribution in [0.4, 0.5) is 16.2 Å². The monoisotopic (exact) mass is 288 g/mol. The van der Waals surface area contributed by atoms with E-state index in [0.29, 0.717) is 16.6 Å². The highest BCUT2D eigenvalue weighted by Gasteiger charge is 2.05. The van der Waals surface area contributed by atoms with Crippen LogP contribution in [-0.2, 0) is 0 Å². The van der Waals surface area contributed by atoms with Crippen molar-refractivity contribution < 1.29 is 4.79 Å². The van der Waals surface area contributed by atoms with Crippen molar-refractivity contribution in [2.75, 3.05) is 10.6 Å². The topological polar surface area (TPSA) is 41.1 Å². The van der Waals surface area contributed by atoms with Gasteiger partial charge in [0.15, 0.2) is 0 Å². The average molecular weight is 289 g/mol. The Labute approximate surface area is 124 Å². The van der Waals surface area contributed by atoms with Gasteiger partial charge in [-0.25, -0.2) is 4.79 Å². The molecule has 0 aliphatic carbocycles. The Balaban J connectivity index is 1.99. The summed E-state index contributed by atoms with van der Waals surface area (Å²) in [5, 5.41) is 6.00. The van der Waals surface area contributed by atoms with Crippen molar-refractivity contribution in [1.82, 2.24) is 0 Å². The van der Waals surface area contributed by atoms with E-state index in [2.05, 4.69) is 24.5 Å². The Morgan fingerprint density at radius 3 is 2.25 bits per heavy atom. The van der Waals surface area contributed by atoms with Gasteiger partial charge in [-0.1, -0.05) is 49.7 Å². The molecule has 0 aliphatic rings. The lowest BCUT2D eigenvalue weighted by Gasteiger charge is -2.10. The maximum absolute atomic E-state index is 11.9. The fourth-order valence-electron chi connectivity index (χ4n) is 1.80. The first-order valence-corrected chi connectivity index (χ1v) is 6.86. The van der Waals surface area contributed by atoms with Gasteiger partial charge in [-0.05, 0) is 35.7 Å². The second-order valence-electron chi connectivity index (χ2n) is 4.84. The Morgan fingerprint density at radius 2 is 1.65 bits per heavy atom. The van der Waals surface area contributed by atoms with Crippen molar-refractivity contribution in [2.24, 2.45) is 0 Å². The molecule has 0 fully saturated rings. The van der Waals surface area contributed by atoms with E-state index in [0.717, 1.165) is 5.69 Å². The molecule has 2 N–H and O–H groups in total. The minimum Gasteiger partial charge on any atom is -0.308 e. The molecule has 2 amide bonds. The summed E-state index contributed by atoms with van der Waals surface area (Å²) < 4.78 is 0. The van der Waals surface area contributed by atoms with Gasteiger partial charge in [-0.15, -0.1) is 0 Å². The highest BCUT2D eigenvalue weighted by Crippen LogP contribution is 2.21. The second kappa shape index (κ2) is 6.44. The van der Waals surface area contributed by atoms with Gasteiger partial charge in [0, 0.05) is 5.69 Å². The Morgan fingerprint density at radius 1 is 1.00 bits per heavy atom. The molecule has 0 bridgehead atoms. The maximum atomic E-state index is 11.9. The molecular formula is C16H17ClN2O. The van der Waals surface area contributed by atoms with Crippen molar-refractivity contribution >= 4 is 29.0 Å². The normalized spacial score (nSPS) is 10.4. The van der Waals surface area contributed by atoms with E-state index < -0.39 is 0 Å². The highest BCUT2D eigenvalue weighted by molar-refractivity contribution is 6.33. The molecule has 0 unspecified atom stereocenters. The summed E-state index contributed by atoms with van der Waals surface area (Å²) in [5.74, 6) is 0.473. The van der Waals surface area contributed by atoms with Crippen molar-refractivity contribution in [3.05, 3.63) is 59.1 Å². The highest BCUT2D eigenvalue weighted by atomic mass is 35.5. The third kappa shape index (κ3) is 3.75. The van der Waals surface area contributed by atoms with Crippen LogP contribution in [0, 0.1) is 0 Å². The molecule has 2 aromatic rings. The molecule has 0 atom stereocenters. The predicted octanol–water partition coefficient (Wildman–Crippen LogP) is 5.11. The molecule has 0 saturated heterocycles. The van der Waals surface area contributed by atoms with Crippen LogP contribution in [0.5, 0.6) is 0 Å². The van der Waals surface area contributed by atoms with Crippen molar-refractivity contribution in [3.8, 4) is 0 Å². The number of nitrogens with one attached hydrogen (secondary N) is 2. The molecule has 0 spiro atoms. The van der Waals surface area contributed by atoms with Gasteiger partial charge < -0.3 is 10.6 Å². The van der Waals surface area contributed by atoms with Gasteiger partial charge in [-0.3, -0.25) is 0 Å². The van der Waals surface area contributed by atoms with Gasteiger partial charge in [0.2, 0.25) is 0 Å². The average Bonchev–Trinajstić information content (AvgIpc) is 2.42. The molecule has 0 aliphatic heterocycles. The Hall–Kier alpha value is -2.00. The van der Waals surface area contributed by atoms with Gasteiger partial charge in [-0.2, -0.15) is 0 Å². The van der Waals surface area contributed by atoms with Crippen molar-refractivity contribution in [3.63, 3.8) is 0 Å². The summed E-state index contributed by atoms with van der Waals surface area (Å²) in [5.41, 5.74) is 2.58. The SMILES string of the molecule is CC(C)c1ccc(NC(=O)Nc2ccccc2Cl)cc1. The number of urea groups is 1. The zero-order valence-electron chi connectivity index (χ0n) is 11.5. The zero-order chi connectivity index (χ0) is 14.5. The summed E-state index contributed by atoms with van der Waals surface area (Å²) in [6, 6.07) is 14.6. The third-order valence-corrected chi connectivity index (χ3v) is 3.29. The van der Waals surface area contributed by atoms with E-state index in [-0.39, 0.29) is 6.03 Å². The van der Waals surface area contributed by atoms with Crippen molar-refractivity contribution in [2.45, 2.75) is 19.8 Å². The fourth-order valence-corrected chi connectivity index (χ4v) is 1.98. The van der Waals surface area contributed by atoms with E-state index in [1.54, 1.807) is 12.1 Å². The van der Waals surface area contributed by atoms with Crippen LogP contribution < -0.4 is 10.6 Å². The molecule has 104 valence electrons. The molecule has 0 radical (unpaired) electrons. The van der Waals surface area contributed by atoms with Crippen LogP contribution in [0.2, 0.25) is 5.02 Å². The van der Waals surface area contributed by atoms with Crippen LogP contribution in [0.25, 0.3) is 0 Å². The van der Waals surface area contributed by atoms with E-state index in [1.165, 1.54) is 5.56 Å². The van der Waals surface area contributed by atoms with Crippen LogP contribution >= 0.6 is 11.6 Å². The van der Waals surface area contributed by atoms with Crippen LogP contribution in [0.3, 0.4) is 0 Å². The summed E-state index contributed by atoms with van der Waals surface area (Å²) in [4.78, 5) is 11.9. The molecule has 2 rings (SSSR count). The minimum atomic E-state index is -0.310. The number of hydrogen-bond donors (Lipinski definition) is 2. The van der Waals surface area contributed by atoms with Crippen molar-refractivity contribution in [1.29, 1.82) is 0 Å². The lowest BCUT2D eigenvalue weighted by Crippen LogP contribution is -2.19. The van der Waals surface area contributed by atoms with Gasteiger partial charge >= 0.3 is 6.03 Å². The first kappa shape index (κ1) is 14.4. The largest absolute Gasteiger partial charge is 0.323 e. The van der Waals surface area contributed by atoms with Crippen LogP contribution in [0.15, 0.2) is 48.5 Å². The molecule has 0 heterocycles. The van der Waals surface area contributed by atoms with E-state index in [1.807, 2.05) is 36.4 Å². The Bertz CT molecular complexity index is 594. The molecule has 20 heavy (non-hydrogen) atoms. The number of hydrogen-bond acceptors (Lipinski definition) is 1. The molecule has 0 saturated carbocycles. The summed E-state index contributed by atoms with van der Waals surface area (Å²) >= 11 is 5.98. The maximum Gasteiger partial charge on any atom is 0.323 e. The summed E-state index contributed by atoms with van der Waals surface area (Å²) in [6.45, 7) is 4.26. The Kier molecular flexibility index (Phi) is 4.64. The first-order valence-electron chi connectivity index (χ1n) is 6.49. The predicted molar refractivity (Wildman–Crippen MR) is 84.6 cm³/mol. The number of rotatable bonds is 3. The number of carbonyl (C=O) groups is 1. The molecule has 4 heteroatoms. The summed E-state index contributed by atoms with van der Waals surface area (Å²) in [6.07, 6.45) is 0. The molecular weight excluding hydrogens is 272 g/mol. The van der Waals surface area contributed by atoms with E-state index in [9.17, 15) is 4.79 Å². The zero-order valence-corrected chi connectivity index (χ0v) is 12.2. The standard InChI is InChI=1S/C16H17ClN2O/c1-11(2)12-7-9-13(10-8-12)18-16(20)19-15-6-4-3-5-14(15)17/h3-11H,1-2H3,(H2,18,19,20). The number of anilines is 2. The lowest BCUT2D eigenvalue weighted by molar-refractivity contribution is 0.262. The number of para-hydroxylation sites is 1. The van der Waals surface area contributed by atoms with Gasteiger partial charge in [0.25, 0.3) is 0 Å². The molecule has 2 aromatic carbocycles. The number of amides is 2. The summed E-state index contributed by atoms with van der Waals surface area (Å²) in [7, 11) is 0. The smallest absolute Gasteiger partial charge is 0.308 e. The number of halogens is 1. The quantitative estimate of drug-likeness (QED) is 0.810. The second-order valence-corrected chi connectivity index (χ2v) is 5.24. The first-order chi connectivity index (χ1) is 9.56. The molecule has 0 aromatic heterocycles. The molecule has 3 nitrogen and oxygen atoms in total. The van der Waals surface area contributed by atoms with Crippen LogP contribution in [0.1, 0.15) is 25.3 Å². The minimum absolute atomic E-state index is 0.310. The lowest BCUT2D eigenvalue weighted by atomic mass is 10.0. The van der Waals surface area contributed by atoms with E-state index >= 15 is 0 Å². The third-order valence-electron chi connectivity index (χ3n) is 2.96. The van der Waals surface area contributed by atoms with Gasteiger partial charge in [0.05, 0.1) is 10.7 Å². The van der Waals surface area contributed by atoms with Crippen LogP contribution in [-0.4, -0.2) is 6.03 Å². The van der Waals surface area contributed by atoms with Gasteiger partial charge in [0.1, 0.15) is 0 Å². The van der Waals surface area contributed by atoms with E-state index in [4.69, 9.17) is 11.6 Å². The number of carbonyl (C=O) groups excluding carboxylic acids is 1.